The number of fused-ring (bicyclic) bond motifs is 1. The molecule has 0 amide bonds. The van der Waals surface area contributed by atoms with Crippen molar-refractivity contribution in [2.45, 2.75) is 58.6 Å². The van der Waals surface area contributed by atoms with Gasteiger partial charge >= 0.3 is 11.6 Å². The molecule has 1 radical (unpaired) electrons. The Kier molecular flexibility index (Phi) is 5.18. The van der Waals surface area contributed by atoms with Gasteiger partial charge in [-0.3, -0.25) is 14.3 Å². The van der Waals surface area contributed by atoms with Crippen LogP contribution in [-0.2, 0) is 13.2 Å². The van der Waals surface area contributed by atoms with Crippen molar-refractivity contribution in [2.24, 2.45) is 10.9 Å². The Bertz CT molecular complexity index is 885. The largest absolute Gasteiger partial charge is 0.460 e. The van der Waals surface area contributed by atoms with Crippen LogP contribution >= 0.6 is 0 Å². The molecule has 141 valence electrons. The van der Waals surface area contributed by atoms with E-state index in [1.807, 2.05) is 16.7 Å². The van der Waals surface area contributed by atoms with E-state index in [1.54, 1.807) is 12.4 Å². The lowest BCUT2D eigenvalue weighted by Crippen LogP contribution is -2.24. The summed E-state index contributed by atoms with van der Waals surface area (Å²) in [6, 6.07) is 4.07. The predicted octanol–water partition coefficient (Wildman–Crippen LogP) is 3.49. The topological polar surface area (TPSA) is 83.5 Å². The summed E-state index contributed by atoms with van der Waals surface area (Å²) in [6.07, 6.45) is 10.2. The first kappa shape index (κ1) is 17.7. The molecule has 0 aromatic carbocycles. The first-order valence-electron chi connectivity index (χ1n) is 9.73. The number of rotatable bonds is 6. The minimum atomic E-state index is -0.364. The molecule has 2 aromatic heterocycles. The van der Waals surface area contributed by atoms with Gasteiger partial charge in [0.1, 0.15) is 12.4 Å². The van der Waals surface area contributed by atoms with E-state index >= 15 is 0 Å². The van der Waals surface area contributed by atoms with Gasteiger partial charge in [0.25, 0.3) is 0 Å². The molecule has 0 saturated heterocycles. The zero-order valence-electron chi connectivity index (χ0n) is 15.6. The van der Waals surface area contributed by atoms with E-state index in [0.29, 0.717) is 36.6 Å². The van der Waals surface area contributed by atoms with Crippen molar-refractivity contribution in [1.82, 2.24) is 19.9 Å². The summed E-state index contributed by atoms with van der Waals surface area (Å²) in [5.41, 5.74) is 0.968. The summed E-state index contributed by atoms with van der Waals surface area (Å²) in [7, 11) is 0. The minimum Gasteiger partial charge on any atom is -0.460 e. The average Bonchev–Trinajstić information content (AvgIpc) is 3.16. The van der Waals surface area contributed by atoms with Gasteiger partial charge in [-0.15, -0.1) is 0 Å². The summed E-state index contributed by atoms with van der Waals surface area (Å²) in [5, 5.41) is 4.57. The van der Waals surface area contributed by atoms with E-state index in [0.717, 1.165) is 30.7 Å². The van der Waals surface area contributed by atoms with E-state index in [1.165, 1.54) is 19.3 Å². The molecule has 1 aliphatic heterocycles. The van der Waals surface area contributed by atoms with E-state index in [4.69, 9.17) is 9.73 Å². The zero-order valence-corrected chi connectivity index (χ0v) is 15.6. The molecule has 1 aliphatic carbocycles. The van der Waals surface area contributed by atoms with E-state index in [-0.39, 0.29) is 5.56 Å². The molecule has 4 rings (SSSR count). The van der Waals surface area contributed by atoms with Crippen LogP contribution in [0.5, 0.6) is 6.01 Å². The number of hydrogen-bond donors (Lipinski definition) is 0. The third-order valence-electron chi connectivity index (χ3n) is 5.08. The molecule has 0 unspecified atom stereocenters. The lowest BCUT2D eigenvalue weighted by atomic mass is 9.88. The first-order valence-corrected chi connectivity index (χ1v) is 9.73. The second-order valence-electron chi connectivity index (χ2n) is 7.08. The fraction of sp³-hybridized carbons (Fsp3) is 0.500. The number of hydrogen-bond acceptors (Lipinski definition) is 5. The molecule has 27 heavy (non-hydrogen) atoms. The highest BCUT2D eigenvalue weighted by atomic mass is 16.5. The van der Waals surface area contributed by atoms with Gasteiger partial charge in [-0.25, -0.2) is 10.3 Å². The molecule has 7 nitrogen and oxygen atoms in total. The van der Waals surface area contributed by atoms with E-state index < -0.39 is 0 Å². The quantitative estimate of drug-likeness (QED) is 0.783. The molecule has 1 fully saturated rings. The van der Waals surface area contributed by atoms with Crippen LogP contribution in [0.1, 0.15) is 51.0 Å². The SMILES string of the molecule is CCCn1c(OCc2ccncc2)nc(=O)c2c1N=C(C1CCCCC1)[N]2. The Balaban J connectivity index is 1.64. The lowest BCUT2D eigenvalue weighted by Gasteiger charge is -2.20. The van der Waals surface area contributed by atoms with Crippen LogP contribution in [0.3, 0.4) is 0 Å². The number of amidine groups is 1. The molecule has 0 bridgehead atoms. The van der Waals surface area contributed by atoms with Gasteiger partial charge in [-0.05, 0) is 37.0 Å². The maximum Gasteiger partial charge on any atom is 0.304 e. The van der Waals surface area contributed by atoms with Crippen molar-refractivity contribution in [3.8, 4) is 6.01 Å². The van der Waals surface area contributed by atoms with Crippen LogP contribution in [-0.4, -0.2) is 20.4 Å². The number of aromatic nitrogens is 3. The lowest BCUT2D eigenvalue weighted by molar-refractivity contribution is 0.261. The maximum atomic E-state index is 12.5. The van der Waals surface area contributed by atoms with Gasteiger partial charge in [0.2, 0.25) is 0 Å². The van der Waals surface area contributed by atoms with Crippen molar-refractivity contribution in [2.75, 3.05) is 0 Å². The van der Waals surface area contributed by atoms with Crippen LogP contribution in [0, 0.1) is 5.92 Å². The van der Waals surface area contributed by atoms with Crippen LogP contribution < -0.4 is 15.6 Å². The van der Waals surface area contributed by atoms with Crippen LogP contribution in [0.25, 0.3) is 0 Å². The third-order valence-corrected chi connectivity index (χ3v) is 5.08. The Morgan fingerprint density at radius 3 is 2.70 bits per heavy atom. The molecular weight excluding hydrogens is 342 g/mol. The summed E-state index contributed by atoms with van der Waals surface area (Å²) in [6.45, 7) is 3.08. The van der Waals surface area contributed by atoms with Gasteiger partial charge in [0.15, 0.2) is 11.5 Å². The number of ether oxygens (including phenoxy) is 1. The van der Waals surface area contributed by atoms with Crippen LogP contribution in [0.4, 0.5) is 11.5 Å². The second kappa shape index (κ2) is 7.90. The van der Waals surface area contributed by atoms with E-state index in [9.17, 15) is 4.79 Å². The standard InChI is InChI=1S/C20H24N5O2/c1-2-12-25-18-16(22-17(23-18)15-6-4-3-5-7-15)19(26)24-20(25)27-13-14-8-10-21-11-9-14/h8-11,15H,2-7,12-13H2,1H3. The number of nitrogens with zero attached hydrogens (tertiary/aromatic N) is 5. The molecule has 0 N–H and O–H groups in total. The highest BCUT2D eigenvalue weighted by Crippen LogP contribution is 2.35. The smallest absolute Gasteiger partial charge is 0.304 e. The third kappa shape index (κ3) is 3.72. The Morgan fingerprint density at radius 1 is 1.19 bits per heavy atom. The minimum absolute atomic E-state index is 0.307. The Morgan fingerprint density at radius 2 is 1.96 bits per heavy atom. The fourth-order valence-electron chi connectivity index (χ4n) is 3.68. The molecule has 0 spiro atoms. The second-order valence-corrected chi connectivity index (χ2v) is 7.08. The highest BCUT2D eigenvalue weighted by molar-refractivity contribution is 5.96. The number of aliphatic imine (C=N–C) groups is 1. The molecule has 0 atom stereocenters. The fourth-order valence-corrected chi connectivity index (χ4v) is 3.68. The predicted molar refractivity (Wildman–Crippen MR) is 103 cm³/mol. The van der Waals surface area contributed by atoms with Gasteiger partial charge < -0.3 is 4.74 Å². The monoisotopic (exact) mass is 366 g/mol. The van der Waals surface area contributed by atoms with Gasteiger partial charge in [-0.1, -0.05) is 26.2 Å². The Labute approximate surface area is 158 Å². The molecule has 1 saturated carbocycles. The van der Waals surface area contributed by atoms with Crippen LogP contribution in [0.2, 0.25) is 0 Å². The summed E-state index contributed by atoms with van der Waals surface area (Å²) in [5.74, 6) is 1.74. The van der Waals surface area contributed by atoms with Gasteiger partial charge in [0.05, 0.1) is 0 Å². The van der Waals surface area contributed by atoms with Crippen molar-refractivity contribution in [3.63, 3.8) is 0 Å². The van der Waals surface area contributed by atoms with E-state index in [2.05, 4.69) is 22.2 Å². The average molecular weight is 366 g/mol. The molecule has 7 heteroatoms. The first-order chi connectivity index (χ1) is 13.3. The summed E-state index contributed by atoms with van der Waals surface area (Å²) >= 11 is 0. The Hall–Kier alpha value is -2.70. The van der Waals surface area contributed by atoms with Crippen LogP contribution in [0.15, 0.2) is 34.3 Å². The molecule has 2 aromatic rings. The van der Waals surface area contributed by atoms with Crippen molar-refractivity contribution < 1.29 is 4.74 Å². The van der Waals surface area contributed by atoms with Crippen molar-refractivity contribution >= 4 is 17.3 Å². The van der Waals surface area contributed by atoms with Gasteiger partial charge in [-0.2, -0.15) is 4.98 Å². The molecular formula is C20H24N5O2. The maximum absolute atomic E-state index is 12.5. The van der Waals surface area contributed by atoms with Crippen molar-refractivity contribution in [3.05, 3.63) is 40.4 Å². The summed E-state index contributed by atoms with van der Waals surface area (Å²) in [4.78, 5) is 25.5. The normalized spacial score (nSPS) is 16.6. The molecule has 2 aliphatic rings. The van der Waals surface area contributed by atoms with Gasteiger partial charge in [0, 0.05) is 24.9 Å². The highest BCUT2D eigenvalue weighted by Gasteiger charge is 2.30. The number of pyridine rings is 1. The molecule has 3 heterocycles. The van der Waals surface area contributed by atoms with Crippen molar-refractivity contribution in [1.29, 1.82) is 0 Å². The zero-order chi connectivity index (χ0) is 18.6. The summed E-state index contributed by atoms with van der Waals surface area (Å²) < 4.78 is 7.76.